The minimum atomic E-state index is 0.557. The minimum absolute atomic E-state index is 0.557. The van der Waals surface area contributed by atoms with Crippen molar-refractivity contribution in [3.63, 3.8) is 0 Å². The quantitative estimate of drug-likeness (QED) is 0.174. The largest absolute Gasteiger partial charge is 0.456 e. The van der Waals surface area contributed by atoms with Crippen molar-refractivity contribution in [1.82, 2.24) is 19.5 Å². The molecule has 0 bridgehead atoms. The lowest BCUT2D eigenvalue weighted by Gasteiger charge is -2.13. The second-order valence-corrected chi connectivity index (χ2v) is 15.6. The van der Waals surface area contributed by atoms with Crippen molar-refractivity contribution in [1.29, 1.82) is 0 Å². The van der Waals surface area contributed by atoms with Gasteiger partial charge < -0.3 is 13.4 Å². The zero-order valence-corrected chi connectivity index (χ0v) is 32.6. The fourth-order valence-electron chi connectivity index (χ4n) is 9.12. The van der Waals surface area contributed by atoms with Gasteiger partial charge in [0.05, 0.1) is 16.7 Å². The molecule has 9 aromatic carbocycles. The van der Waals surface area contributed by atoms with Gasteiger partial charge in [-0.2, -0.15) is 0 Å². The topological polar surface area (TPSA) is 69.9 Å². The maximum absolute atomic E-state index is 6.81. The molecule has 0 amide bonds. The molecule has 0 unspecified atom stereocenters. The van der Waals surface area contributed by atoms with Gasteiger partial charge in [-0.1, -0.05) is 127 Å². The van der Waals surface area contributed by atoms with Gasteiger partial charge in [-0.25, -0.2) is 15.0 Å². The second kappa shape index (κ2) is 13.1. The van der Waals surface area contributed by atoms with E-state index < -0.39 is 0 Å². The minimum Gasteiger partial charge on any atom is -0.456 e. The molecule has 13 rings (SSSR count). The van der Waals surface area contributed by atoms with E-state index in [1.807, 2.05) is 48.5 Å². The lowest BCUT2D eigenvalue weighted by atomic mass is 10.0. The molecule has 0 atom stereocenters. The zero-order chi connectivity index (χ0) is 40.0. The standard InChI is InChI=1S/C55H32N4O2/c1-2-13-33(14-3-1)34-17-12-18-37(27-34)53-56-54(38-25-26-51-44(29-38)41-20-7-10-23-49(41)60-51)58-55(57-53)39-30-45-42-21-8-11-24-50(42)61-52(45)48(32-39)59-46-22-9-6-19-40(46)43-28-35-15-4-5-16-36(35)31-47(43)59/h1-32H. The Balaban J connectivity index is 1.10. The number of para-hydroxylation sites is 3. The van der Waals surface area contributed by atoms with Crippen molar-refractivity contribution < 1.29 is 8.83 Å². The first-order chi connectivity index (χ1) is 30.2. The molecule has 0 aliphatic rings. The molecule has 0 spiro atoms. The monoisotopic (exact) mass is 780 g/mol. The third-order valence-corrected chi connectivity index (χ3v) is 12.0. The Hall–Kier alpha value is -8.35. The Morgan fingerprint density at radius 3 is 1.69 bits per heavy atom. The maximum Gasteiger partial charge on any atom is 0.164 e. The predicted molar refractivity (Wildman–Crippen MR) is 248 cm³/mol. The Bertz CT molecular complexity index is 3900. The van der Waals surface area contributed by atoms with Crippen LogP contribution in [-0.2, 0) is 0 Å². The summed E-state index contributed by atoms with van der Waals surface area (Å²) in [5.41, 5.74) is 11.2. The molecule has 61 heavy (non-hydrogen) atoms. The number of furan rings is 2. The van der Waals surface area contributed by atoms with Gasteiger partial charge in [-0.15, -0.1) is 0 Å². The van der Waals surface area contributed by atoms with Gasteiger partial charge in [0, 0.05) is 49.0 Å². The van der Waals surface area contributed by atoms with E-state index in [9.17, 15) is 0 Å². The molecule has 4 aromatic heterocycles. The van der Waals surface area contributed by atoms with Crippen LogP contribution in [0.5, 0.6) is 0 Å². The summed E-state index contributed by atoms with van der Waals surface area (Å²) in [6, 6.07) is 67.5. The maximum atomic E-state index is 6.81. The summed E-state index contributed by atoms with van der Waals surface area (Å²) >= 11 is 0. The third kappa shape index (κ3) is 5.32. The summed E-state index contributed by atoms with van der Waals surface area (Å²) in [5, 5.41) is 8.77. The Morgan fingerprint density at radius 2 is 0.885 bits per heavy atom. The number of rotatable bonds is 5. The molecule has 0 aliphatic heterocycles. The van der Waals surface area contributed by atoms with E-state index in [-0.39, 0.29) is 0 Å². The Kier molecular flexibility index (Phi) is 7.21. The number of nitrogens with zero attached hydrogens (tertiary/aromatic N) is 4. The molecule has 284 valence electrons. The van der Waals surface area contributed by atoms with Gasteiger partial charge in [-0.05, 0) is 88.6 Å². The van der Waals surface area contributed by atoms with Gasteiger partial charge in [0.2, 0.25) is 0 Å². The first-order valence-electron chi connectivity index (χ1n) is 20.4. The normalized spacial score (nSPS) is 11.9. The lowest BCUT2D eigenvalue weighted by Crippen LogP contribution is -2.01. The highest BCUT2D eigenvalue weighted by Crippen LogP contribution is 2.42. The highest BCUT2D eigenvalue weighted by atomic mass is 16.3. The summed E-state index contributed by atoms with van der Waals surface area (Å²) in [5.74, 6) is 1.71. The molecule has 0 saturated carbocycles. The molecule has 0 radical (unpaired) electrons. The van der Waals surface area contributed by atoms with Crippen LogP contribution in [0.25, 0.3) is 127 Å². The Morgan fingerprint density at radius 1 is 0.311 bits per heavy atom. The van der Waals surface area contributed by atoms with Gasteiger partial charge in [0.15, 0.2) is 23.1 Å². The van der Waals surface area contributed by atoms with Crippen LogP contribution in [0.4, 0.5) is 0 Å². The van der Waals surface area contributed by atoms with Crippen LogP contribution in [0.3, 0.4) is 0 Å². The summed E-state index contributed by atoms with van der Waals surface area (Å²) < 4.78 is 15.4. The van der Waals surface area contributed by atoms with Crippen molar-refractivity contribution >= 4 is 76.5 Å². The van der Waals surface area contributed by atoms with E-state index in [0.29, 0.717) is 17.5 Å². The van der Waals surface area contributed by atoms with E-state index in [2.05, 4.69) is 150 Å². The van der Waals surface area contributed by atoms with Crippen molar-refractivity contribution in [3.05, 3.63) is 194 Å². The van der Waals surface area contributed by atoms with Crippen LogP contribution in [0.2, 0.25) is 0 Å². The van der Waals surface area contributed by atoms with Crippen molar-refractivity contribution in [3.8, 4) is 51.0 Å². The first-order valence-corrected chi connectivity index (χ1v) is 20.4. The molecule has 0 N–H and O–H groups in total. The number of hydrogen-bond acceptors (Lipinski definition) is 5. The third-order valence-electron chi connectivity index (χ3n) is 12.0. The summed E-state index contributed by atoms with van der Waals surface area (Å²) in [4.78, 5) is 15.8. The summed E-state index contributed by atoms with van der Waals surface area (Å²) in [7, 11) is 0. The molecular weight excluding hydrogens is 749 g/mol. The van der Waals surface area contributed by atoms with Gasteiger partial charge in [-0.3, -0.25) is 0 Å². The molecule has 6 heteroatoms. The molecule has 0 aliphatic carbocycles. The van der Waals surface area contributed by atoms with Crippen molar-refractivity contribution in [2.75, 3.05) is 0 Å². The van der Waals surface area contributed by atoms with E-state index in [1.165, 1.54) is 21.5 Å². The average Bonchev–Trinajstić information content (AvgIpc) is 4.00. The highest BCUT2D eigenvalue weighted by Gasteiger charge is 2.22. The second-order valence-electron chi connectivity index (χ2n) is 15.6. The molecule has 0 saturated heterocycles. The predicted octanol–water partition coefficient (Wildman–Crippen LogP) is 14.6. The van der Waals surface area contributed by atoms with Crippen LogP contribution < -0.4 is 0 Å². The summed E-state index contributed by atoms with van der Waals surface area (Å²) in [6.45, 7) is 0. The molecule has 0 fully saturated rings. The van der Waals surface area contributed by atoms with Crippen molar-refractivity contribution in [2.24, 2.45) is 0 Å². The zero-order valence-electron chi connectivity index (χ0n) is 32.6. The van der Waals surface area contributed by atoms with E-state index in [0.717, 1.165) is 88.4 Å². The Labute approximate surface area is 348 Å². The van der Waals surface area contributed by atoms with Gasteiger partial charge in [0.1, 0.15) is 16.7 Å². The van der Waals surface area contributed by atoms with Crippen LogP contribution in [-0.4, -0.2) is 19.5 Å². The van der Waals surface area contributed by atoms with E-state index in [4.69, 9.17) is 23.8 Å². The number of aromatic nitrogens is 4. The fourth-order valence-corrected chi connectivity index (χ4v) is 9.12. The van der Waals surface area contributed by atoms with E-state index in [1.54, 1.807) is 0 Å². The SMILES string of the molecule is c1ccc(-c2cccc(-c3nc(-c4ccc5oc6ccccc6c5c4)nc(-c4cc(-n5c6ccccc6c6cc7ccccc7cc65)c5oc6ccccc6c5c4)n3)c2)cc1. The van der Waals surface area contributed by atoms with E-state index >= 15 is 0 Å². The molecule has 6 nitrogen and oxygen atoms in total. The number of fused-ring (bicyclic) bond motifs is 10. The fraction of sp³-hybridized carbons (Fsp3) is 0. The smallest absolute Gasteiger partial charge is 0.164 e. The molecule has 13 aromatic rings. The van der Waals surface area contributed by atoms with Crippen LogP contribution in [0.1, 0.15) is 0 Å². The number of benzene rings is 9. The average molecular weight is 781 g/mol. The van der Waals surface area contributed by atoms with Crippen molar-refractivity contribution in [2.45, 2.75) is 0 Å². The van der Waals surface area contributed by atoms with Crippen LogP contribution in [0, 0.1) is 0 Å². The van der Waals surface area contributed by atoms with Gasteiger partial charge in [0.25, 0.3) is 0 Å². The van der Waals surface area contributed by atoms with Crippen LogP contribution in [0.15, 0.2) is 203 Å². The summed E-state index contributed by atoms with van der Waals surface area (Å²) in [6.07, 6.45) is 0. The molecule has 4 heterocycles. The lowest BCUT2D eigenvalue weighted by molar-refractivity contribution is 0.666. The van der Waals surface area contributed by atoms with Gasteiger partial charge >= 0.3 is 0 Å². The highest BCUT2D eigenvalue weighted by molar-refractivity contribution is 6.16. The number of hydrogen-bond donors (Lipinski definition) is 0. The molecular formula is C55H32N4O2. The first kappa shape index (κ1) is 33.6. The van der Waals surface area contributed by atoms with Crippen LogP contribution >= 0.6 is 0 Å².